The number of rotatable bonds is 5. The van der Waals surface area contributed by atoms with Gasteiger partial charge in [-0.15, -0.1) is 11.3 Å². The standard InChI is InChI=1S/C19H21N3O4S/c1-10-4-5-14(11(2)6-10)21-17(25)16-12(3)15-18(27-16)20-9-22(19(15)26)7-13(24)8-23/h4-6,9,13,23-24H,7-8H2,1-3H3,(H,21,25). The summed E-state index contributed by atoms with van der Waals surface area (Å²) in [6.45, 7) is 5.12. The van der Waals surface area contributed by atoms with E-state index in [9.17, 15) is 14.7 Å². The lowest BCUT2D eigenvalue weighted by Gasteiger charge is -2.09. The first-order chi connectivity index (χ1) is 12.8. The number of fused-ring (bicyclic) bond motifs is 1. The molecule has 0 radical (unpaired) electrons. The first kappa shape index (κ1) is 19.2. The van der Waals surface area contributed by atoms with Crippen molar-refractivity contribution in [3.05, 3.63) is 56.4 Å². The Morgan fingerprint density at radius 2 is 2.07 bits per heavy atom. The number of aliphatic hydroxyl groups is 2. The van der Waals surface area contributed by atoms with Crippen molar-refractivity contribution >= 4 is 33.1 Å². The van der Waals surface area contributed by atoms with Crippen LogP contribution in [0.5, 0.6) is 0 Å². The molecule has 3 aromatic rings. The summed E-state index contributed by atoms with van der Waals surface area (Å²) in [6, 6.07) is 5.76. The molecule has 1 unspecified atom stereocenters. The number of aryl methyl sites for hydroxylation is 3. The molecule has 0 saturated carbocycles. The number of amides is 1. The van der Waals surface area contributed by atoms with E-state index in [4.69, 9.17) is 5.11 Å². The van der Waals surface area contributed by atoms with Crippen LogP contribution >= 0.6 is 11.3 Å². The van der Waals surface area contributed by atoms with Crippen LogP contribution in [0, 0.1) is 20.8 Å². The van der Waals surface area contributed by atoms with Gasteiger partial charge in [0.15, 0.2) is 0 Å². The monoisotopic (exact) mass is 387 g/mol. The minimum atomic E-state index is -1.05. The van der Waals surface area contributed by atoms with Gasteiger partial charge >= 0.3 is 0 Å². The van der Waals surface area contributed by atoms with Crippen LogP contribution < -0.4 is 10.9 Å². The summed E-state index contributed by atoms with van der Waals surface area (Å²) in [6.07, 6.45) is 0.277. The van der Waals surface area contributed by atoms with E-state index in [0.29, 0.717) is 20.7 Å². The highest BCUT2D eigenvalue weighted by Crippen LogP contribution is 2.28. The fourth-order valence-electron chi connectivity index (χ4n) is 2.92. The Bertz CT molecular complexity index is 1070. The first-order valence-electron chi connectivity index (χ1n) is 8.48. The smallest absolute Gasteiger partial charge is 0.266 e. The van der Waals surface area contributed by atoms with E-state index in [1.165, 1.54) is 10.9 Å². The van der Waals surface area contributed by atoms with Gasteiger partial charge in [-0.25, -0.2) is 4.98 Å². The van der Waals surface area contributed by atoms with Gasteiger partial charge in [0, 0.05) is 5.69 Å². The number of aliphatic hydroxyl groups excluding tert-OH is 2. The SMILES string of the molecule is Cc1ccc(NC(=O)c2sc3ncn(CC(O)CO)c(=O)c3c2C)c(C)c1. The quantitative estimate of drug-likeness (QED) is 0.621. The minimum absolute atomic E-state index is 0.0579. The molecule has 0 aliphatic carbocycles. The van der Waals surface area contributed by atoms with Crippen LogP contribution in [-0.2, 0) is 6.54 Å². The van der Waals surface area contributed by atoms with Gasteiger partial charge in [0.1, 0.15) is 4.83 Å². The van der Waals surface area contributed by atoms with Gasteiger partial charge in [-0.1, -0.05) is 17.7 Å². The van der Waals surface area contributed by atoms with Crippen molar-refractivity contribution in [1.82, 2.24) is 9.55 Å². The molecule has 1 atom stereocenters. The van der Waals surface area contributed by atoms with Gasteiger partial charge in [0.2, 0.25) is 0 Å². The van der Waals surface area contributed by atoms with Gasteiger partial charge in [0.05, 0.1) is 35.8 Å². The maximum absolute atomic E-state index is 12.8. The lowest BCUT2D eigenvalue weighted by molar-refractivity contribution is 0.0802. The number of thiophene rings is 1. The molecular formula is C19H21N3O4S. The third-order valence-corrected chi connectivity index (χ3v) is 5.57. The Morgan fingerprint density at radius 1 is 1.33 bits per heavy atom. The predicted octanol–water partition coefficient (Wildman–Crippen LogP) is 1.99. The number of hydrogen-bond donors (Lipinski definition) is 3. The zero-order valence-electron chi connectivity index (χ0n) is 15.3. The van der Waals surface area contributed by atoms with E-state index in [1.807, 2.05) is 32.0 Å². The second-order valence-corrected chi connectivity index (χ2v) is 7.55. The van der Waals surface area contributed by atoms with E-state index in [-0.39, 0.29) is 18.0 Å². The van der Waals surface area contributed by atoms with Crippen molar-refractivity contribution < 1.29 is 15.0 Å². The molecule has 2 aromatic heterocycles. The van der Waals surface area contributed by atoms with Gasteiger partial charge in [0.25, 0.3) is 11.5 Å². The van der Waals surface area contributed by atoms with Crippen LogP contribution in [0.1, 0.15) is 26.4 Å². The van der Waals surface area contributed by atoms with Crippen LogP contribution in [-0.4, -0.2) is 38.4 Å². The molecule has 0 fully saturated rings. The van der Waals surface area contributed by atoms with Crippen LogP contribution in [0.4, 0.5) is 5.69 Å². The van der Waals surface area contributed by atoms with Crippen LogP contribution in [0.15, 0.2) is 29.3 Å². The lowest BCUT2D eigenvalue weighted by atomic mass is 10.1. The number of nitrogens with one attached hydrogen (secondary N) is 1. The van der Waals surface area contributed by atoms with Crippen molar-refractivity contribution in [2.75, 3.05) is 11.9 Å². The average molecular weight is 387 g/mol. The topological polar surface area (TPSA) is 104 Å². The largest absolute Gasteiger partial charge is 0.394 e. The molecule has 0 aliphatic rings. The summed E-state index contributed by atoms with van der Waals surface area (Å²) in [5.74, 6) is -0.288. The summed E-state index contributed by atoms with van der Waals surface area (Å²) >= 11 is 1.16. The highest BCUT2D eigenvalue weighted by molar-refractivity contribution is 7.20. The van der Waals surface area contributed by atoms with Crippen molar-refractivity contribution in [2.24, 2.45) is 0 Å². The molecule has 2 heterocycles. The molecule has 0 aliphatic heterocycles. The third kappa shape index (κ3) is 3.78. The Kier molecular flexibility index (Phi) is 5.41. The molecule has 3 rings (SSSR count). The third-order valence-electron chi connectivity index (χ3n) is 4.37. The van der Waals surface area contributed by atoms with Gasteiger partial charge in [-0.05, 0) is 38.0 Å². The first-order valence-corrected chi connectivity index (χ1v) is 9.29. The zero-order valence-corrected chi connectivity index (χ0v) is 16.1. The molecule has 0 spiro atoms. The molecule has 3 N–H and O–H groups in total. The van der Waals surface area contributed by atoms with Crippen molar-refractivity contribution in [3.8, 4) is 0 Å². The summed E-state index contributed by atoms with van der Waals surface area (Å²) in [5, 5.41) is 21.8. The normalized spacial score (nSPS) is 12.3. The number of hydrogen-bond acceptors (Lipinski definition) is 6. The molecule has 1 amide bonds. The Hall–Kier alpha value is -2.55. The number of carbonyl (C=O) groups is 1. The molecule has 142 valence electrons. The lowest BCUT2D eigenvalue weighted by Crippen LogP contribution is -2.28. The maximum Gasteiger partial charge on any atom is 0.266 e. The van der Waals surface area contributed by atoms with Crippen molar-refractivity contribution in [3.63, 3.8) is 0 Å². The molecule has 0 saturated heterocycles. The van der Waals surface area contributed by atoms with Crippen molar-refractivity contribution in [1.29, 1.82) is 0 Å². The van der Waals surface area contributed by atoms with Gasteiger partial charge in [-0.2, -0.15) is 0 Å². The van der Waals surface area contributed by atoms with E-state index in [0.717, 1.165) is 28.2 Å². The van der Waals surface area contributed by atoms with Gasteiger partial charge < -0.3 is 15.5 Å². The summed E-state index contributed by atoms with van der Waals surface area (Å²) in [4.78, 5) is 30.6. The van der Waals surface area contributed by atoms with E-state index in [1.54, 1.807) is 6.92 Å². The van der Waals surface area contributed by atoms with E-state index in [2.05, 4.69) is 10.3 Å². The highest BCUT2D eigenvalue weighted by Gasteiger charge is 2.20. The average Bonchev–Trinajstić information content (AvgIpc) is 2.97. The molecular weight excluding hydrogens is 366 g/mol. The Morgan fingerprint density at radius 3 is 2.74 bits per heavy atom. The summed E-state index contributed by atoms with van der Waals surface area (Å²) in [7, 11) is 0. The predicted molar refractivity (Wildman–Crippen MR) is 106 cm³/mol. The molecule has 27 heavy (non-hydrogen) atoms. The highest BCUT2D eigenvalue weighted by atomic mass is 32.1. The van der Waals surface area contributed by atoms with Crippen LogP contribution in [0.3, 0.4) is 0 Å². The van der Waals surface area contributed by atoms with Crippen molar-refractivity contribution in [2.45, 2.75) is 33.4 Å². The zero-order chi connectivity index (χ0) is 19.7. The Balaban J connectivity index is 1.97. The fourth-order valence-corrected chi connectivity index (χ4v) is 3.96. The van der Waals surface area contributed by atoms with Crippen LogP contribution in [0.25, 0.3) is 10.2 Å². The number of aromatic nitrogens is 2. The van der Waals surface area contributed by atoms with Crippen LogP contribution in [0.2, 0.25) is 0 Å². The number of benzene rings is 1. The summed E-state index contributed by atoms with van der Waals surface area (Å²) in [5.41, 5.74) is 3.01. The fraction of sp³-hybridized carbons (Fsp3) is 0.316. The van der Waals surface area contributed by atoms with E-state index >= 15 is 0 Å². The number of anilines is 1. The van der Waals surface area contributed by atoms with E-state index < -0.39 is 12.7 Å². The Labute approximate surface area is 159 Å². The molecule has 8 heteroatoms. The number of nitrogens with zero attached hydrogens (tertiary/aromatic N) is 2. The second kappa shape index (κ2) is 7.59. The maximum atomic E-state index is 12.8. The summed E-state index contributed by atoms with van der Waals surface area (Å²) < 4.78 is 1.24. The van der Waals surface area contributed by atoms with Gasteiger partial charge in [-0.3, -0.25) is 14.2 Å². The minimum Gasteiger partial charge on any atom is -0.394 e. The molecule has 0 bridgehead atoms. The molecule has 7 nitrogen and oxygen atoms in total. The number of carbonyl (C=O) groups excluding carboxylic acids is 1. The second-order valence-electron chi connectivity index (χ2n) is 6.55. The molecule has 1 aromatic carbocycles.